The van der Waals surface area contributed by atoms with Crippen molar-refractivity contribution >= 4 is 5.91 Å². The van der Waals surface area contributed by atoms with E-state index in [1.54, 1.807) is 6.33 Å². The van der Waals surface area contributed by atoms with Crippen LogP contribution in [0.4, 0.5) is 0 Å². The van der Waals surface area contributed by atoms with E-state index in [0.717, 1.165) is 11.4 Å². The standard InChI is InChI=1S/C9H11N3O/c1-7-9(12-6-11-7)4-3-5-10-8(2)13/h6H,5H2,1-2H3,(H,10,13)(H,11,12). The Balaban J connectivity index is 2.49. The first-order chi connectivity index (χ1) is 6.20. The monoisotopic (exact) mass is 177 g/mol. The number of hydrogen-bond donors (Lipinski definition) is 2. The second kappa shape index (κ2) is 4.31. The van der Waals surface area contributed by atoms with Crippen molar-refractivity contribution < 1.29 is 4.79 Å². The van der Waals surface area contributed by atoms with Gasteiger partial charge < -0.3 is 10.3 Å². The Labute approximate surface area is 76.8 Å². The van der Waals surface area contributed by atoms with Crippen LogP contribution >= 0.6 is 0 Å². The molecule has 4 nitrogen and oxygen atoms in total. The van der Waals surface area contributed by atoms with E-state index in [2.05, 4.69) is 27.1 Å². The molecule has 0 aliphatic carbocycles. The van der Waals surface area contributed by atoms with E-state index in [1.807, 2.05) is 6.92 Å². The summed E-state index contributed by atoms with van der Waals surface area (Å²) < 4.78 is 0. The lowest BCUT2D eigenvalue weighted by Crippen LogP contribution is -2.19. The predicted octanol–water partition coefficient (Wildman–Crippen LogP) is 0.206. The maximum Gasteiger partial charge on any atom is 0.217 e. The molecular weight excluding hydrogens is 166 g/mol. The fourth-order valence-corrected chi connectivity index (χ4v) is 0.781. The maximum absolute atomic E-state index is 10.5. The molecular formula is C9H11N3O. The van der Waals surface area contributed by atoms with Crippen molar-refractivity contribution in [1.29, 1.82) is 0 Å². The summed E-state index contributed by atoms with van der Waals surface area (Å²) in [6.07, 6.45) is 1.59. The zero-order valence-electron chi connectivity index (χ0n) is 7.64. The van der Waals surface area contributed by atoms with Crippen molar-refractivity contribution in [2.75, 3.05) is 6.54 Å². The minimum absolute atomic E-state index is 0.0759. The number of hydrogen-bond acceptors (Lipinski definition) is 2. The fraction of sp³-hybridized carbons (Fsp3) is 0.333. The summed E-state index contributed by atoms with van der Waals surface area (Å²) in [6.45, 7) is 3.72. The SMILES string of the molecule is CC(=O)NCC#Cc1nc[nH]c1C. The van der Waals surface area contributed by atoms with Crippen molar-refractivity contribution in [3.05, 3.63) is 17.7 Å². The van der Waals surface area contributed by atoms with Gasteiger partial charge in [0.1, 0.15) is 5.69 Å². The molecule has 0 bridgehead atoms. The Morgan fingerprint density at radius 1 is 1.77 bits per heavy atom. The second-order valence-electron chi connectivity index (χ2n) is 2.59. The van der Waals surface area contributed by atoms with Crippen LogP contribution in [0.2, 0.25) is 0 Å². The quantitative estimate of drug-likeness (QED) is 0.602. The topological polar surface area (TPSA) is 57.8 Å². The van der Waals surface area contributed by atoms with Crippen LogP contribution < -0.4 is 5.32 Å². The molecule has 13 heavy (non-hydrogen) atoms. The van der Waals surface area contributed by atoms with Gasteiger partial charge in [0.15, 0.2) is 0 Å². The Bertz CT molecular complexity index is 356. The van der Waals surface area contributed by atoms with Gasteiger partial charge >= 0.3 is 0 Å². The molecule has 2 N–H and O–H groups in total. The highest BCUT2D eigenvalue weighted by molar-refractivity contribution is 5.73. The summed E-state index contributed by atoms with van der Waals surface area (Å²) in [7, 11) is 0. The molecule has 4 heteroatoms. The van der Waals surface area contributed by atoms with Crippen molar-refractivity contribution in [2.24, 2.45) is 0 Å². The Morgan fingerprint density at radius 2 is 2.54 bits per heavy atom. The van der Waals surface area contributed by atoms with E-state index in [4.69, 9.17) is 0 Å². The summed E-state index contributed by atoms with van der Waals surface area (Å²) in [6, 6.07) is 0. The Morgan fingerprint density at radius 3 is 3.08 bits per heavy atom. The van der Waals surface area contributed by atoms with E-state index < -0.39 is 0 Å². The molecule has 0 aliphatic rings. The molecule has 68 valence electrons. The lowest BCUT2D eigenvalue weighted by atomic mass is 10.3. The Hall–Kier alpha value is -1.76. The summed E-state index contributed by atoms with van der Waals surface area (Å²) in [5.74, 6) is 5.56. The fourth-order valence-electron chi connectivity index (χ4n) is 0.781. The molecule has 1 aromatic heterocycles. The van der Waals surface area contributed by atoms with Gasteiger partial charge in [0.25, 0.3) is 0 Å². The first-order valence-corrected chi connectivity index (χ1v) is 3.93. The third-order valence-corrected chi connectivity index (χ3v) is 1.46. The molecule has 1 heterocycles. The smallest absolute Gasteiger partial charge is 0.217 e. The van der Waals surface area contributed by atoms with E-state index in [9.17, 15) is 4.79 Å². The molecule has 0 saturated heterocycles. The van der Waals surface area contributed by atoms with E-state index >= 15 is 0 Å². The summed E-state index contributed by atoms with van der Waals surface area (Å²) in [5, 5.41) is 2.58. The highest BCUT2D eigenvalue weighted by Crippen LogP contribution is 1.96. The first kappa shape index (κ1) is 9.33. The molecule has 1 aromatic rings. The predicted molar refractivity (Wildman–Crippen MR) is 48.9 cm³/mol. The van der Waals surface area contributed by atoms with Gasteiger partial charge in [-0.1, -0.05) is 5.92 Å². The second-order valence-corrected chi connectivity index (χ2v) is 2.59. The summed E-state index contributed by atoms with van der Waals surface area (Å²) in [5.41, 5.74) is 1.67. The van der Waals surface area contributed by atoms with Crippen LogP contribution in [0.25, 0.3) is 0 Å². The summed E-state index contributed by atoms with van der Waals surface area (Å²) >= 11 is 0. The zero-order valence-corrected chi connectivity index (χ0v) is 7.64. The number of amides is 1. The molecule has 0 radical (unpaired) electrons. The average molecular weight is 177 g/mol. The van der Waals surface area contributed by atoms with Crippen molar-refractivity contribution in [3.8, 4) is 11.8 Å². The molecule has 1 rings (SSSR count). The maximum atomic E-state index is 10.5. The lowest BCUT2D eigenvalue weighted by molar-refractivity contribution is -0.118. The zero-order chi connectivity index (χ0) is 9.68. The van der Waals surface area contributed by atoms with Gasteiger partial charge in [0.2, 0.25) is 5.91 Å². The molecule has 1 amide bonds. The van der Waals surface area contributed by atoms with Gasteiger partial charge in [-0.25, -0.2) is 4.98 Å². The Kier molecular flexibility index (Phi) is 3.09. The van der Waals surface area contributed by atoms with Gasteiger partial charge in [-0.05, 0) is 12.8 Å². The number of H-pyrrole nitrogens is 1. The largest absolute Gasteiger partial charge is 0.348 e. The van der Waals surface area contributed by atoms with Crippen LogP contribution in [0, 0.1) is 18.8 Å². The number of aromatic nitrogens is 2. The summed E-state index contributed by atoms with van der Waals surface area (Å²) in [4.78, 5) is 17.4. The average Bonchev–Trinajstić information content (AvgIpc) is 2.45. The van der Waals surface area contributed by atoms with Crippen molar-refractivity contribution in [3.63, 3.8) is 0 Å². The molecule has 0 aromatic carbocycles. The highest BCUT2D eigenvalue weighted by atomic mass is 16.1. The van der Waals surface area contributed by atoms with Gasteiger partial charge in [0, 0.05) is 12.6 Å². The number of carbonyl (C=O) groups excluding carboxylic acids is 1. The van der Waals surface area contributed by atoms with Gasteiger partial charge in [-0.15, -0.1) is 0 Å². The van der Waals surface area contributed by atoms with Crippen LogP contribution in [0.5, 0.6) is 0 Å². The highest BCUT2D eigenvalue weighted by Gasteiger charge is 1.93. The number of imidazole rings is 1. The number of nitrogens with one attached hydrogen (secondary N) is 2. The third-order valence-electron chi connectivity index (χ3n) is 1.46. The molecule has 0 fully saturated rings. The number of carbonyl (C=O) groups is 1. The number of aromatic amines is 1. The first-order valence-electron chi connectivity index (χ1n) is 3.93. The van der Waals surface area contributed by atoms with Crippen LogP contribution in [0.3, 0.4) is 0 Å². The minimum atomic E-state index is -0.0759. The van der Waals surface area contributed by atoms with E-state index in [-0.39, 0.29) is 5.91 Å². The molecule has 0 atom stereocenters. The minimum Gasteiger partial charge on any atom is -0.348 e. The molecule has 0 saturated carbocycles. The van der Waals surface area contributed by atoms with Gasteiger partial charge in [-0.3, -0.25) is 4.79 Å². The van der Waals surface area contributed by atoms with Gasteiger partial charge in [0.05, 0.1) is 12.9 Å². The van der Waals surface area contributed by atoms with Crippen LogP contribution in [0.15, 0.2) is 6.33 Å². The van der Waals surface area contributed by atoms with E-state index in [1.165, 1.54) is 6.92 Å². The van der Waals surface area contributed by atoms with Crippen LogP contribution in [0.1, 0.15) is 18.3 Å². The third kappa shape index (κ3) is 2.99. The van der Waals surface area contributed by atoms with E-state index in [0.29, 0.717) is 6.54 Å². The normalized spacial score (nSPS) is 8.77. The molecule has 0 spiro atoms. The lowest BCUT2D eigenvalue weighted by Gasteiger charge is -1.90. The van der Waals surface area contributed by atoms with Crippen molar-refractivity contribution in [1.82, 2.24) is 15.3 Å². The van der Waals surface area contributed by atoms with Crippen LogP contribution in [-0.2, 0) is 4.79 Å². The number of aryl methyl sites for hydroxylation is 1. The van der Waals surface area contributed by atoms with Crippen LogP contribution in [-0.4, -0.2) is 22.4 Å². The number of rotatable bonds is 1. The molecule has 0 aliphatic heterocycles. The van der Waals surface area contributed by atoms with Crippen molar-refractivity contribution in [2.45, 2.75) is 13.8 Å². The number of nitrogens with zero attached hydrogens (tertiary/aromatic N) is 1. The molecule has 0 unspecified atom stereocenters. The van der Waals surface area contributed by atoms with Gasteiger partial charge in [-0.2, -0.15) is 0 Å².